The van der Waals surface area contributed by atoms with Gasteiger partial charge in [-0.15, -0.1) is 0 Å². The van der Waals surface area contributed by atoms with Gasteiger partial charge in [-0.1, -0.05) is 12.1 Å². The van der Waals surface area contributed by atoms with Gasteiger partial charge in [0.1, 0.15) is 11.9 Å². The molecule has 9 heteroatoms. The average Bonchev–Trinajstić information content (AvgIpc) is 3.26. The number of hydrogen-bond acceptors (Lipinski definition) is 4. The number of aromatic nitrogens is 2. The number of amides is 1. The summed E-state index contributed by atoms with van der Waals surface area (Å²) in [6.45, 7) is 1.66. The molecule has 3 aromatic rings. The fraction of sp³-hybridized carbons (Fsp3) is 0.238. The Morgan fingerprint density at radius 3 is 2.67 bits per heavy atom. The normalized spacial score (nSPS) is 12.4. The molecule has 0 saturated heterocycles. The fourth-order valence-corrected chi connectivity index (χ4v) is 2.72. The zero-order valence-corrected chi connectivity index (χ0v) is 16.3. The predicted molar refractivity (Wildman–Crippen MR) is 104 cm³/mol. The SMILES string of the molecule is COc1cccc(COC(C)C(=O)Nc2cc(C(F)(F)F)ccc2-n2cccn2)c1. The number of nitrogens with zero attached hydrogens (tertiary/aromatic N) is 2. The Kier molecular flexibility index (Phi) is 6.41. The van der Waals surface area contributed by atoms with Gasteiger partial charge in [0, 0.05) is 12.4 Å². The first-order chi connectivity index (χ1) is 14.3. The van der Waals surface area contributed by atoms with Crippen molar-refractivity contribution in [3.8, 4) is 11.4 Å². The van der Waals surface area contributed by atoms with E-state index in [2.05, 4.69) is 10.4 Å². The molecule has 30 heavy (non-hydrogen) atoms. The van der Waals surface area contributed by atoms with Crippen LogP contribution >= 0.6 is 0 Å². The van der Waals surface area contributed by atoms with E-state index in [1.165, 1.54) is 23.9 Å². The fourth-order valence-electron chi connectivity index (χ4n) is 2.72. The molecule has 0 radical (unpaired) electrons. The number of methoxy groups -OCH3 is 1. The number of carbonyl (C=O) groups excluding carboxylic acids is 1. The largest absolute Gasteiger partial charge is 0.497 e. The second-order valence-corrected chi connectivity index (χ2v) is 6.47. The predicted octanol–water partition coefficient (Wildman–Crippen LogP) is 4.44. The Balaban J connectivity index is 1.75. The smallest absolute Gasteiger partial charge is 0.416 e. The van der Waals surface area contributed by atoms with Crippen LogP contribution < -0.4 is 10.1 Å². The molecule has 3 rings (SSSR count). The van der Waals surface area contributed by atoms with Gasteiger partial charge in [0.2, 0.25) is 0 Å². The maximum atomic E-state index is 13.1. The highest BCUT2D eigenvalue weighted by Crippen LogP contribution is 2.33. The van der Waals surface area contributed by atoms with Crippen molar-refractivity contribution in [1.29, 1.82) is 0 Å². The Bertz CT molecular complexity index is 1000. The molecular formula is C21H20F3N3O3. The number of ether oxygens (including phenoxy) is 2. The molecule has 0 saturated carbocycles. The Morgan fingerprint density at radius 2 is 2.00 bits per heavy atom. The first-order valence-corrected chi connectivity index (χ1v) is 9.04. The minimum Gasteiger partial charge on any atom is -0.497 e. The van der Waals surface area contributed by atoms with Crippen molar-refractivity contribution in [2.24, 2.45) is 0 Å². The number of carbonyl (C=O) groups is 1. The summed E-state index contributed by atoms with van der Waals surface area (Å²) in [5.41, 5.74) is 0.209. The van der Waals surface area contributed by atoms with Crippen LogP contribution in [0.3, 0.4) is 0 Å². The van der Waals surface area contributed by atoms with Crippen LogP contribution in [0.1, 0.15) is 18.1 Å². The van der Waals surface area contributed by atoms with Crippen molar-refractivity contribution < 1.29 is 27.4 Å². The second-order valence-electron chi connectivity index (χ2n) is 6.47. The second kappa shape index (κ2) is 9.00. The third-order valence-corrected chi connectivity index (χ3v) is 4.34. The number of alkyl halides is 3. The summed E-state index contributed by atoms with van der Waals surface area (Å²) < 4.78 is 51.5. The van der Waals surface area contributed by atoms with Gasteiger partial charge in [-0.25, -0.2) is 4.68 Å². The lowest BCUT2D eigenvalue weighted by Crippen LogP contribution is -2.28. The van der Waals surface area contributed by atoms with Crippen molar-refractivity contribution in [3.05, 3.63) is 72.1 Å². The molecule has 158 valence electrons. The van der Waals surface area contributed by atoms with Gasteiger partial charge in [-0.3, -0.25) is 4.79 Å². The zero-order valence-electron chi connectivity index (χ0n) is 16.3. The number of nitrogens with one attached hydrogen (secondary N) is 1. The quantitative estimate of drug-likeness (QED) is 0.615. The summed E-state index contributed by atoms with van der Waals surface area (Å²) in [5.74, 6) is 0.0756. The maximum Gasteiger partial charge on any atom is 0.416 e. The van der Waals surface area contributed by atoms with E-state index in [1.807, 2.05) is 6.07 Å². The summed E-state index contributed by atoms with van der Waals surface area (Å²) in [6.07, 6.45) is -2.39. The zero-order chi connectivity index (χ0) is 21.7. The van der Waals surface area contributed by atoms with Crippen LogP contribution in [0.25, 0.3) is 5.69 Å². The number of benzene rings is 2. The Labute approximate surface area is 171 Å². The standard InChI is InChI=1S/C21H20F3N3O3/c1-14(30-13-15-5-3-6-17(11-15)29-2)20(28)26-18-12-16(21(22,23)24)7-8-19(18)27-10-4-9-25-27/h3-12,14H,13H2,1-2H3,(H,26,28). The molecule has 0 bridgehead atoms. The minimum atomic E-state index is -4.55. The highest BCUT2D eigenvalue weighted by Gasteiger charge is 2.31. The lowest BCUT2D eigenvalue weighted by atomic mass is 10.1. The molecule has 0 aliphatic heterocycles. The van der Waals surface area contributed by atoms with E-state index < -0.39 is 23.8 Å². The minimum absolute atomic E-state index is 0.0182. The van der Waals surface area contributed by atoms with Crippen molar-refractivity contribution in [3.63, 3.8) is 0 Å². The molecule has 1 atom stereocenters. The Hall–Kier alpha value is -3.33. The number of halogens is 3. The maximum absolute atomic E-state index is 13.1. The van der Waals surface area contributed by atoms with Crippen LogP contribution in [0.4, 0.5) is 18.9 Å². The summed E-state index contributed by atoms with van der Waals surface area (Å²) in [4.78, 5) is 12.6. The molecule has 1 N–H and O–H groups in total. The number of hydrogen-bond donors (Lipinski definition) is 1. The van der Waals surface area contributed by atoms with Crippen LogP contribution in [-0.2, 0) is 22.3 Å². The molecule has 6 nitrogen and oxygen atoms in total. The molecule has 1 amide bonds. The molecule has 0 spiro atoms. The van der Waals surface area contributed by atoms with E-state index in [4.69, 9.17) is 9.47 Å². The lowest BCUT2D eigenvalue weighted by molar-refractivity contribution is -0.137. The molecule has 0 aliphatic rings. The van der Waals surface area contributed by atoms with Gasteiger partial charge < -0.3 is 14.8 Å². The summed E-state index contributed by atoms with van der Waals surface area (Å²) in [6, 6.07) is 11.9. The van der Waals surface area contributed by atoms with Gasteiger partial charge in [-0.05, 0) is 48.9 Å². The van der Waals surface area contributed by atoms with Gasteiger partial charge in [0.15, 0.2) is 0 Å². The van der Waals surface area contributed by atoms with Gasteiger partial charge in [0.05, 0.1) is 30.7 Å². The monoisotopic (exact) mass is 419 g/mol. The highest BCUT2D eigenvalue weighted by atomic mass is 19.4. The Morgan fingerprint density at radius 1 is 1.20 bits per heavy atom. The molecule has 0 fully saturated rings. The van der Waals surface area contributed by atoms with E-state index in [-0.39, 0.29) is 12.3 Å². The average molecular weight is 419 g/mol. The third kappa shape index (κ3) is 5.18. The summed E-state index contributed by atoms with van der Waals surface area (Å²) >= 11 is 0. The molecule has 1 aromatic heterocycles. The number of anilines is 1. The van der Waals surface area contributed by atoms with Gasteiger partial charge in [-0.2, -0.15) is 18.3 Å². The first-order valence-electron chi connectivity index (χ1n) is 9.04. The third-order valence-electron chi connectivity index (χ3n) is 4.34. The molecule has 1 heterocycles. The van der Waals surface area contributed by atoms with Gasteiger partial charge in [0.25, 0.3) is 5.91 Å². The molecular weight excluding hydrogens is 399 g/mol. The van der Waals surface area contributed by atoms with E-state index in [0.717, 1.165) is 17.7 Å². The lowest BCUT2D eigenvalue weighted by Gasteiger charge is -2.17. The van der Waals surface area contributed by atoms with E-state index in [9.17, 15) is 18.0 Å². The van der Waals surface area contributed by atoms with E-state index >= 15 is 0 Å². The van der Waals surface area contributed by atoms with Crippen LogP contribution in [0.5, 0.6) is 5.75 Å². The topological polar surface area (TPSA) is 65.4 Å². The number of rotatable bonds is 7. The van der Waals surface area contributed by atoms with Crippen molar-refractivity contribution in [2.45, 2.75) is 25.8 Å². The summed E-state index contributed by atoms with van der Waals surface area (Å²) in [5, 5.41) is 6.54. The first kappa shape index (κ1) is 21.4. The summed E-state index contributed by atoms with van der Waals surface area (Å²) in [7, 11) is 1.54. The van der Waals surface area contributed by atoms with Crippen molar-refractivity contribution >= 4 is 11.6 Å². The van der Waals surface area contributed by atoms with Gasteiger partial charge >= 0.3 is 6.18 Å². The van der Waals surface area contributed by atoms with E-state index in [0.29, 0.717) is 11.4 Å². The molecule has 0 aliphatic carbocycles. The highest BCUT2D eigenvalue weighted by molar-refractivity contribution is 5.95. The molecule has 1 unspecified atom stereocenters. The van der Waals surface area contributed by atoms with Crippen molar-refractivity contribution in [1.82, 2.24) is 9.78 Å². The van der Waals surface area contributed by atoms with Crippen LogP contribution in [0.2, 0.25) is 0 Å². The van der Waals surface area contributed by atoms with Crippen LogP contribution in [0.15, 0.2) is 60.9 Å². The van der Waals surface area contributed by atoms with Crippen LogP contribution in [0, 0.1) is 0 Å². The van der Waals surface area contributed by atoms with E-state index in [1.54, 1.807) is 37.6 Å². The molecule has 2 aromatic carbocycles. The van der Waals surface area contributed by atoms with Crippen LogP contribution in [-0.4, -0.2) is 28.9 Å². The van der Waals surface area contributed by atoms with Crippen molar-refractivity contribution in [2.75, 3.05) is 12.4 Å².